The second-order valence-electron chi connectivity index (χ2n) is 5.08. The molecule has 0 radical (unpaired) electrons. The lowest BCUT2D eigenvalue weighted by Gasteiger charge is -2.24. The maximum absolute atomic E-state index is 11.9. The Labute approximate surface area is 125 Å². The SMILES string of the molecule is CC(C)(NCCOCCOCC=O)C(=O)CCCC(=O)O. The van der Waals surface area contributed by atoms with Gasteiger partial charge in [-0.15, -0.1) is 0 Å². The zero-order valence-corrected chi connectivity index (χ0v) is 12.7. The number of ether oxygens (including phenoxy) is 2. The van der Waals surface area contributed by atoms with Crippen LogP contribution in [0, 0.1) is 0 Å². The first-order valence-corrected chi connectivity index (χ1v) is 6.99. The van der Waals surface area contributed by atoms with Gasteiger partial charge in [0, 0.05) is 19.4 Å². The van der Waals surface area contributed by atoms with Crippen molar-refractivity contribution in [3.05, 3.63) is 0 Å². The van der Waals surface area contributed by atoms with Crippen molar-refractivity contribution in [3.63, 3.8) is 0 Å². The number of carboxylic acids is 1. The Kier molecular flexibility index (Phi) is 10.7. The molecule has 2 N–H and O–H groups in total. The largest absolute Gasteiger partial charge is 0.481 e. The monoisotopic (exact) mass is 303 g/mol. The lowest BCUT2D eigenvalue weighted by atomic mass is 9.95. The van der Waals surface area contributed by atoms with Crippen molar-refractivity contribution in [1.29, 1.82) is 0 Å². The first-order valence-electron chi connectivity index (χ1n) is 6.99. The van der Waals surface area contributed by atoms with Crippen LogP contribution in [0.4, 0.5) is 0 Å². The lowest BCUT2D eigenvalue weighted by Crippen LogP contribution is -2.48. The van der Waals surface area contributed by atoms with Crippen molar-refractivity contribution >= 4 is 18.0 Å². The molecule has 0 atom stereocenters. The number of aldehydes is 1. The number of aliphatic carboxylic acids is 1. The molecular weight excluding hydrogens is 278 g/mol. The fraction of sp³-hybridized carbons (Fsp3) is 0.786. The second kappa shape index (κ2) is 11.4. The summed E-state index contributed by atoms with van der Waals surface area (Å²) >= 11 is 0. The summed E-state index contributed by atoms with van der Waals surface area (Å²) in [5.74, 6) is -0.906. The first kappa shape index (κ1) is 19.7. The van der Waals surface area contributed by atoms with Crippen LogP contribution >= 0.6 is 0 Å². The molecule has 0 aliphatic heterocycles. The van der Waals surface area contributed by atoms with Crippen LogP contribution in [-0.4, -0.2) is 61.7 Å². The molecule has 0 saturated carbocycles. The van der Waals surface area contributed by atoms with Crippen molar-refractivity contribution in [2.75, 3.05) is 33.0 Å². The van der Waals surface area contributed by atoms with Crippen LogP contribution in [0.5, 0.6) is 0 Å². The number of rotatable bonds is 14. The van der Waals surface area contributed by atoms with Crippen LogP contribution in [0.3, 0.4) is 0 Å². The molecule has 0 fully saturated rings. The molecule has 21 heavy (non-hydrogen) atoms. The van der Waals surface area contributed by atoms with E-state index in [9.17, 15) is 14.4 Å². The number of carbonyl (C=O) groups is 3. The summed E-state index contributed by atoms with van der Waals surface area (Å²) in [5, 5.41) is 11.6. The van der Waals surface area contributed by atoms with Crippen LogP contribution in [0.15, 0.2) is 0 Å². The third-order valence-electron chi connectivity index (χ3n) is 2.86. The molecule has 0 aromatic rings. The van der Waals surface area contributed by atoms with E-state index in [1.54, 1.807) is 13.8 Å². The Balaban J connectivity index is 3.68. The maximum atomic E-state index is 11.9. The van der Waals surface area contributed by atoms with Crippen LogP contribution in [-0.2, 0) is 23.9 Å². The molecule has 0 spiro atoms. The molecule has 0 bridgehead atoms. The van der Waals surface area contributed by atoms with Gasteiger partial charge >= 0.3 is 5.97 Å². The molecule has 0 aliphatic rings. The molecule has 0 heterocycles. The van der Waals surface area contributed by atoms with E-state index in [0.717, 1.165) is 0 Å². The van der Waals surface area contributed by atoms with Crippen molar-refractivity contribution in [2.45, 2.75) is 38.6 Å². The minimum Gasteiger partial charge on any atom is -0.481 e. The number of hydrogen-bond acceptors (Lipinski definition) is 6. The number of nitrogens with one attached hydrogen (secondary N) is 1. The quantitative estimate of drug-likeness (QED) is 0.354. The highest BCUT2D eigenvalue weighted by atomic mass is 16.5. The smallest absolute Gasteiger partial charge is 0.303 e. The minimum absolute atomic E-state index is 0.00567. The van der Waals surface area contributed by atoms with E-state index in [1.165, 1.54) is 0 Å². The molecule has 0 saturated heterocycles. The van der Waals surface area contributed by atoms with Gasteiger partial charge in [-0.3, -0.25) is 9.59 Å². The molecule has 0 aromatic carbocycles. The van der Waals surface area contributed by atoms with Gasteiger partial charge in [-0.05, 0) is 20.3 Å². The predicted octanol–water partition coefficient (Wildman–Crippen LogP) is 0.411. The second-order valence-corrected chi connectivity index (χ2v) is 5.08. The normalized spacial score (nSPS) is 11.3. The number of ketones is 1. The summed E-state index contributed by atoms with van der Waals surface area (Å²) in [4.78, 5) is 32.3. The van der Waals surface area contributed by atoms with Gasteiger partial charge in [0.05, 0.1) is 25.4 Å². The van der Waals surface area contributed by atoms with E-state index in [1.807, 2.05) is 0 Å². The van der Waals surface area contributed by atoms with E-state index >= 15 is 0 Å². The van der Waals surface area contributed by atoms with Crippen LogP contribution in [0.25, 0.3) is 0 Å². The van der Waals surface area contributed by atoms with E-state index in [2.05, 4.69) is 5.32 Å². The third kappa shape index (κ3) is 11.1. The van der Waals surface area contributed by atoms with E-state index in [4.69, 9.17) is 14.6 Å². The van der Waals surface area contributed by atoms with E-state index in [-0.39, 0.29) is 25.2 Å². The molecular formula is C14H25NO6. The van der Waals surface area contributed by atoms with Crippen LogP contribution < -0.4 is 5.32 Å². The molecule has 122 valence electrons. The summed E-state index contributed by atoms with van der Waals surface area (Å²) in [7, 11) is 0. The minimum atomic E-state index is -0.890. The number of Topliss-reactive ketones (excluding diaryl/α,β-unsaturated/α-hetero) is 1. The average Bonchev–Trinajstić information content (AvgIpc) is 2.41. The van der Waals surface area contributed by atoms with Gasteiger partial charge in [0.25, 0.3) is 0 Å². The fourth-order valence-corrected chi connectivity index (χ4v) is 1.60. The van der Waals surface area contributed by atoms with Gasteiger partial charge in [-0.2, -0.15) is 0 Å². The number of carboxylic acid groups (broad SMARTS) is 1. The molecule has 7 nitrogen and oxygen atoms in total. The Morgan fingerprint density at radius 1 is 1.14 bits per heavy atom. The molecule has 0 unspecified atom stereocenters. The fourth-order valence-electron chi connectivity index (χ4n) is 1.60. The van der Waals surface area contributed by atoms with Crippen molar-refractivity contribution in [2.24, 2.45) is 0 Å². The lowest BCUT2D eigenvalue weighted by molar-refractivity contribution is -0.137. The zero-order valence-electron chi connectivity index (χ0n) is 12.7. The summed E-state index contributed by atoms with van der Waals surface area (Å²) in [6.07, 6.45) is 1.28. The first-order chi connectivity index (χ1) is 9.90. The maximum Gasteiger partial charge on any atom is 0.303 e. The molecule has 0 aliphatic carbocycles. The molecule has 0 aromatic heterocycles. The van der Waals surface area contributed by atoms with Crippen molar-refractivity contribution in [3.8, 4) is 0 Å². The Morgan fingerprint density at radius 3 is 2.43 bits per heavy atom. The van der Waals surface area contributed by atoms with Gasteiger partial charge in [0.2, 0.25) is 0 Å². The zero-order chi connectivity index (χ0) is 16.1. The van der Waals surface area contributed by atoms with Crippen molar-refractivity contribution in [1.82, 2.24) is 5.32 Å². The van der Waals surface area contributed by atoms with Gasteiger partial charge in [0.1, 0.15) is 12.9 Å². The number of carbonyl (C=O) groups excluding carboxylic acids is 2. The van der Waals surface area contributed by atoms with Gasteiger partial charge in [-0.1, -0.05) is 0 Å². The third-order valence-corrected chi connectivity index (χ3v) is 2.86. The summed E-state index contributed by atoms with van der Waals surface area (Å²) < 4.78 is 10.2. The van der Waals surface area contributed by atoms with Crippen molar-refractivity contribution < 1.29 is 29.0 Å². The average molecular weight is 303 g/mol. The predicted molar refractivity (Wildman–Crippen MR) is 76.3 cm³/mol. The highest BCUT2D eigenvalue weighted by Gasteiger charge is 2.25. The Bertz CT molecular complexity index is 329. The molecule has 0 rings (SSSR count). The standard InChI is InChI=1S/C14H25NO6/c1-14(2,12(17)4-3-5-13(18)19)15-6-8-20-10-11-21-9-7-16/h7,15H,3-6,8-11H2,1-2H3,(H,18,19). The van der Waals surface area contributed by atoms with E-state index < -0.39 is 11.5 Å². The summed E-state index contributed by atoms with van der Waals surface area (Å²) in [6.45, 7) is 5.28. The van der Waals surface area contributed by atoms with Gasteiger partial charge in [0.15, 0.2) is 5.78 Å². The Hall–Kier alpha value is -1.31. The van der Waals surface area contributed by atoms with Crippen LogP contribution in [0.1, 0.15) is 33.1 Å². The molecule has 0 amide bonds. The van der Waals surface area contributed by atoms with Gasteiger partial charge in [-0.25, -0.2) is 0 Å². The number of hydrogen-bond donors (Lipinski definition) is 2. The summed E-state index contributed by atoms with van der Waals surface area (Å²) in [5.41, 5.74) is -0.699. The van der Waals surface area contributed by atoms with E-state index in [0.29, 0.717) is 39.1 Å². The summed E-state index contributed by atoms with van der Waals surface area (Å²) in [6, 6.07) is 0. The van der Waals surface area contributed by atoms with Crippen LogP contribution in [0.2, 0.25) is 0 Å². The highest BCUT2D eigenvalue weighted by Crippen LogP contribution is 2.09. The molecule has 7 heteroatoms. The van der Waals surface area contributed by atoms with Gasteiger partial charge < -0.3 is 24.7 Å². The topological polar surface area (TPSA) is 102 Å². The highest BCUT2D eigenvalue weighted by molar-refractivity contribution is 5.87. The Morgan fingerprint density at radius 2 is 1.81 bits per heavy atom.